The summed E-state index contributed by atoms with van der Waals surface area (Å²) in [4.78, 5) is 33.5. The summed E-state index contributed by atoms with van der Waals surface area (Å²) in [6.07, 6.45) is -0.755. The minimum atomic E-state index is -1.19. The molecule has 0 aliphatic carbocycles. The van der Waals surface area contributed by atoms with E-state index in [4.69, 9.17) is 9.84 Å². The predicted octanol–water partition coefficient (Wildman–Crippen LogP) is 1.58. The predicted molar refractivity (Wildman–Crippen MR) is 65.3 cm³/mol. The van der Waals surface area contributed by atoms with Crippen molar-refractivity contribution in [3.8, 4) is 0 Å². The first-order valence-corrected chi connectivity index (χ1v) is 5.75. The van der Waals surface area contributed by atoms with Crippen LogP contribution in [0.2, 0.25) is 0 Å². The fraction of sp³-hybridized carbons (Fsp3) is 0.750. The number of rotatable bonds is 5. The molecule has 0 aromatic rings. The molecule has 2 unspecified atom stereocenters. The number of alkyl carbamates (subject to hydrolysis) is 1. The van der Waals surface area contributed by atoms with Crippen LogP contribution in [0, 0.1) is 5.92 Å². The second kappa shape index (κ2) is 6.37. The summed E-state index contributed by atoms with van der Waals surface area (Å²) in [5, 5.41) is 11.2. The summed E-state index contributed by atoms with van der Waals surface area (Å²) in [5.41, 5.74) is -0.695. The Morgan fingerprint density at radius 3 is 2.11 bits per heavy atom. The zero-order chi connectivity index (χ0) is 14.5. The number of aliphatic carboxylic acids is 1. The van der Waals surface area contributed by atoms with Crippen LogP contribution in [0.5, 0.6) is 0 Å². The summed E-state index contributed by atoms with van der Waals surface area (Å²) in [6, 6.07) is -1.13. The van der Waals surface area contributed by atoms with E-state index in [1.54, 1.807) is 27.7 Å². The molecule has 0 aromatic carbocycles. The molecule has 0 rings (SSSR count). The lowest BCUT2D eigenvalue weighted by atomic mass is 9.98. The summed E-state index contributed by atoms with van der Waals surface area (Å²) in [5.74, 6) is -1.73. The molecular formula is C12H21NO5. The van der Waals surface area contributed by atoms with E-state index < -0.39 is 29.6 Å². The highest BCUT2D eigenvalue weighted by Gasteiger charge is 2.26. The Bertz CT molecular complexity index is 332. The van der Waals surface area contributed by atoms with E-state index in [1.165, 1.54) is 6.92 Å². The van der Waals surface area contributed by atoms with Gasteiger partial charge in [-0.15, -0.1) is 0 Å². The van der Waals surface area contributed by atoms with E-state index in [1.807, 2.05) is 0 Å². The maximum Gasteiger partial charge on any atom is 0.408 e. The lowest BCUT2D eigenvalue weighted by Crippen LogP contribution is -2.44. The number of ketones is 1. The first-order valence-electron chi connectivity index (χ1n) is 5.75. The minimum absolute atomic E-state index is 0.0455. The zero-order valence-corrected chi connectivity index (χ0v) is 11.4. The molecule has 0 fully saturated rings. The van der Waals surface area contributed by atoms with Gasteiger partial charge in [-0.1, -0.05) is 6.92 Å². The van der Waals surface area contributed by atoms with Crippen LogP contribution in [0.3, 0.4) is 0 Å². The van der Waals surface area contributed by atoms with Gasteiger partial charge in [-0.25, -0.2) is 9.59 Å². The van der Waals surface area contributed by atoms with Crippen molar-refractivity contribution in [1.82, 2.24) is 5.32 Å². The van der Waals surface area contributed by atoms with Crippen molar-refractivity contribution < 1.29 is 24.2 Å². The highest BCUT2D eigenvalue weighted by molar-refractivity contribution is 5.82. The van der Waals surface area contributed by atoms with E-state index in [2.05, 4.69) is 5.32 Å². The van der Waals surface area contributed by atoms with Gasteiger partial charge in [-0.3, -0.25) is 4.79 Å². The highest BCUT2D eigenvalue weighted by Crippen LogP contribution is 2.10. The second-order valence-corrected chi connectivity index (χ2v) is 5.28. The number of hydrogen-bond donors (Lipinski definition) is 2. The lowest BCUT2D eigenvalue weighted by molar-refractivity contribution is -0.140. The Labute approximate surface area is 107 Å². The molecule has 0 aromatic heterocycles. The molecule has 2 atom stereocenters. The molecule has 0 bridgehead atoms. The molecule has 0 aliphatic heterocycles. The first-order chi connectivity index (χ1) is 8.03. The molecule has 6 nitrogen and oxygen atoms in total. The summed E-state index contributed by atoms with van der Waals surface area (Å²) < 4.78 is 4.96. The van der Waals surface area contributed by atoms with Gasteiger partial charge >= 0.3 is 12.1 Å². The Hall–Kier alpha value is -1.59. The van der Waals surface area contributed by atoms with Crippen molar-refractivity contribution in [2.45, 2.75) is 52.7 Å². The number of nitrogens with one attached hydrogen (secondary N) is 1. The van der Waals surface area contributed by atoms with Crippen LogP contribution in [0.1, 0.15) is 41.0 Å². The number of Topliss-reactive ketones (excluding diaryl/α,β-unsaturated/α-hetero) is 1. The Morgan fingerprint density at radius 1 is 1.28 bits per heavy atom. The maximum atomic E-state index is 11.4. The van der Waals surface area contributed by atoms with Crippen molar-refractivity contribution >= 4 is 17.8 Å². The van der Waals surface area contributed by atoms with Crippen LogP contribution >= 0.6 is 0 Å². The molecule has 0 radical (unpaired) electrons. The monoisotopic (exact) mass is 259 g/mol. The van der Waals surface area contributed by atoms with Gasteiger partial charge in [-0.2, -0.15) is 0 Å². The number of carboxylic acid groups (broad SMARTS) is 1. The molecule has 0 spiro atoms. The topological polar surface area (TPSA) is 92.7 Å². The van der Waals surface area contributed by atoms with E-state index in [9.17, 15) is 14.4 Å². The quantitative estimate of drug-likeness (QED) is 0.782. The number of carboxylic acids is 1. The molecule has 1 amide bonds. The Kier molecular flexibility index (Phi) is 5.81. The van der Waals surface area contributed by atoms with E-state index in [-0.39, 0.29) is 12.2 Å². The fourth-order valence-corrected chi connectivity index (χ4v) is 1.19. The van der Waals surface area contributed by atoms with Crippen LogP contribution in [0.25, 0.3) is 0 Å². The van der Waals surface area contributed by atoms with Gasteiger partial charge in [0, 0.05) is 5.92 Å². The van der Waals surface area contributed by atoms with Gasteiger partial charge in [0.15, 0.2) is 0 Å². The number of amides is 1. The molecule has 0 saturated carbocycles. The number of hydrogen-bond acceptors (Lipinski definition) is 4. The number of carbonyl (C=O) groups excluding carboxylic acids is 2. The Balaban J connectivity index is 4.50. The van der Waals surface area contributed by atoms with Crippen molar-refractivity contribution in [3.63, 3.8) is 0 Å². The van der Waals surface area contributed by atoms with Crippen molar-refractivity contribution in [1.29, 1.82) is 0 Å². The number of carbonyl (C=O) groups is 3. The van der Waals surface area contributed by atoms with Crippen LogP contribution in [0.4, 0.5) is 4.79 Å². The Morgan fingerprint density at radius 2 is 1.78 bits per heavy atom. The van der Waals surface area contributed by atoms with Crippen LogP contribution in [-0.2, 0) is 14.3 Å². The molecule has 104 valence electrons. The minimum Gasteiger partial charge on any atom is -0.480 e. The summed E-state index contributed by atoms with van der Waals surface area (Å²) >= 11 is 0. The second-order valence-electron chi connectivity index (χ2n) is 5.28. The van der Waals surface area contributed by atoms with Crippen LogP contribution < -0.4 is 5.32 Å². The SMILES string of the molecule is CC(=O)C(C)CC(NC(=O)OC(C)(C)C)C(=O)O. The van der Waals surface area contributed by atoms with Crippen LogP contribution in [0.15, 0.2) is 0 Å². The normalized spacial score (nSPS) is 14.5. The maximum absolute atomic E-state index is 11.4. The van der Waals surface area contributed by atoms with Crippen molar-refractivity contribution in [3.05, 3.63) is 0 Å². The van der Waals surface area contributed by atoms with Gasteiger partial charge in [-0.05, 0) is 34.1 Å². The van der Waals surface area contributed by atoms with Gasteiger partial charge in [0.2, 0.25) is 0 Å². The third-order valence-corrected chi connectivity index (χ3v) is 2.27. The molecule has 2 N–H and O–H groups in total. The van der Waals surface area contributed by atoms with Crippen LogP contribution in [-0.4, -0.2) is 34.6 Å². The van der Waals surface area contributed by atoms with Gasteiger partial charge < -0.3 is 15.2 Å². The molecule has 18 heavy (non-hydrogen) atoms. The molecule has 0 saturated heterocycles. The third-order valence-electron chi connectivity index (χ3n) is 2.27. The average molecular weight is 259 g/mol. The lowest BCUT2D eigenvalue weighted by Gasteiger charge is -2.22. The van der Waals surface area contributed by atoms with Crippen molar-refractivity contribution in [2.75, 3.05) is 0 Å². The molecule has 0 aliphatic rings. The van der Waals surface area contributed by atoms with E-state index >= 15 is 0 Å². The highest BCUT2D eigenvalue weighted by atomic mass is 16.6. The zero-order valence-electron chi connectivity index (χ0n) is 11.4. The molecular weight excluding hydrogens is 238 g/mol. The molecule has 6 heteroatoms. The standard InChI is InChI=1S/C12H21NO5/c1-7(8(2)14)6-9(10(15)16)13-11(17)18-12(3,4)5/h7,9H,6H2,1-5H3,(H,13,17)(H,15,16). The van der Waals surface area contributed by atoms with E-state index in [0.717, 1.165) is 0 Å². The third kappa shape index (κ3) is 6.88. The number of ether oxygens (including phenoxy) is 1. The summed E-state index contributed by atoms with van der Waals surface area (Å²) in [7, 11) is 0. The van der Waals surface area contributed by atoms with Gasteiger partial charge in [0.05, 0.1) is 0 Å². The average Bonchev–Trinajstić information content (AvgIpc) is 2.12. The van der Waals surface area contributed by atoms with Gasteiger partial charge in [0.25, 0.3) is 0 Å². The largest absolute Gasteiger partial charge is 0.480 e. The van der Waals surface area contributed by atoms with Gasteiger partial charge in [0.1, 0.15) is 17.4 Å². The molecule has 0 heterocycles. The summed E-state index contributed by atoms with van der Waals surface area (Å²) in [6.45, 7) is 8.05. The fourth-order valence-electron chi connectivity index (χ4n) is 1.19. The van der Waals surface area contributed by atoms with Crippen molar-refractivity contribution in [2.24, 2.45) is 5.92 Å². The first kappa shape index (κ1) is 16.4. The van der Waals surface area contributed by atoms with E-state index in [0.29, 0.717) is 0 Å². The smallest absolute Gasteiger partial charge is 0.408 e.